The van der Waals surface area contributed by atoms with Crippen LogP contribution < -0.4 is 0 Å². The molecule has 1 heterocycles. The molecule has 0 aromatic carbocycles. The summed E-state index contributed by atoms with van der Waals surface area (Å²) < 4.78 is 5.20. The summed E-state index contributed by atoms with van der Waals surface area (Å²) in [5.74, 6) is -0.00571. The fraction of sp³-hybridized carbons (Fsp3) is 0.833. The van der Waals surface area contributed by atoms with Gasteiger partial charge in [-0.05, 0) is 44.9 Å². The van der Waals surface area contributed by atoms with Crippen LogP contribution in [0.15, 0.2) is 12.2 Å². The second-order valence-corrected chi connectivity index (χ2v) is 5.96. The lowest BCUT2D eigenvalue weighted by Gasteiger charge is -2.07. The van der Waals surface area contributed by atoms with E-state index >= 15 is 0 Å². The first-order chi connectivity index (χ1) is 9.83. The second kappa shape index (κ2) is 12.0. The number of cyclic esters (lactones) is 1. The Kier molecular flexibility index (Phi) is 10.3. The highest BCUT2D eigenvalue weighted by Gasteiger charge is 2.22. The minimum absolute atomic E-state index is 0.00571. The zero-order valence-corrected chi connectivity index (χ0v) is 13.2. The molecule has 0 N–H and O–H groups in total. The fourth-order valence-corrected chi connectivity index (χ4v) is 2.70. The van der Waals surface area contributed by atoms with E-state index in [-0.39, 0.29) is 12.1 Å². The van der Waals surface area contributed by atoms with E-state index in [1.165, 1.54) is 64.2 Å². The largest absolute Gasteiger partial charge is 0.462 e. The molecule has 1 aliphatic heterocycles. The highest BCUT2D eigenvalue weighted by atomic mass is 16.5. The molecular weight excluding hydrogens is 248 g/mol. The van der Waals surface area contributed by atoms with Gasteiger partial charge in [-0.25, -0.2) is 0 Å². The zero-order chi connectivity index (χ0) is 14.5. The highest BCUT2D eigenvalue weighted by Crippen LogP contribution is 2.19. The molecule has 1 atom stereocenters. The Morgan fingerprint density at radius 3 is 2.30 bits per heavy atom. The summed E-state index contributed by atoms with van der Waals surface area (Å²) in [5.41, 5.74) is 0. The maximum atomic E-state index is 10.9. The Hall–Kier alpha value is -0.790. The van der Waals surface area contributed by atoms with Gasteiger partial charge in [0.15, 0.2) is 0 Å². The van der Waals surface area contributed by atoms with Gasteiger partial charge in [-0.1, -0.05) is 51.2 Å². The number of carbonyl (C=O) groups is 1. The molecule has 0 amide bonds. The van der Waals surface area contributed by atoms with Crippen molar-refractivity contribution in [3.8, 4) is 0 Å². The predicted octanol–water partition coefficient (Wildman–Crippen LogP) is 5.56. The van der Waals surface area contributed by atoms with Crippen molar-refractivity contribution < 1.29 is 9.53 Å². The third-order valence-electron chi connectivity index (χ3n) is 4.01. The summed E-state index contributed by atoms with van der Waals surface area (Å²) in [6, 6.07) is 0. The van der Waals surface area contributed by atoms with Crippen molar-refractivity contribution in [3.63, 3.8) is 0 Å². The van der Waals surface area contributed by atoms with Crippen LogP contribution in [-0.2, 0) is 9.53 Å². The Labute approximate surface area is 125 Å². The molecule has 0 aromatic rings. The molecule has 1 rings (SSSR count). The van der Waals surface area contributed by atoms with E-state index in [0.717, 1.165) is 12.8 Å². The summed E-state index contributed by atoms with van der Waals surface area (Å²) in [6.45, 7) is 2.26. The SMILES string of the molecule is CCCCCCCCC=CCCCCC1CCC(=O)O1. The lowest BCUT2D eigenvalue weighted by Crippen LogP contribution is -2.05. The number of unbranched alkanes of at least 4 members (excludes halogenated alkanes) is 8. The molecule has 20 heavy (non-hydrogen) atoms. The summed E-state index contributed by atoms with van der Waals surface area (Å²) in [7, 11) is 0. The van der Waals surface area contributed by atoms with Crippen molar-refractivity contribution in [1.29, 1.82) is 0 Å². The van der Waals surface area contributed by atoms with Crippen molar-refractivity contribution >= 4 is 5.97 Å². The predicted molar refractivity (Wildman–Crippen MR) is 84.7 cm³/mol. The molecule has 2 heteroatoms. The van der Waals surface area contributed by atoms with Crippen molar-refractivity contribution in [1.82, 2.24) is 0 Å². The molecule has 0 spiro atoms. The summed E-state index contributed by atoms with van der Waals surface area (Å²) in [6.07, 6.45) is 20.6. The second-order valence-electron chi connectivity index (χ2n) is 5.96. The standard InChI is InChI=1S/C18H32O2/c1-2-3-4-5-6-7-8-9-10-11-12-13-14-17-15-16-18(19)20-17/h9-10,17H,2-8,11-16H2,1H3. The van der Waals surface area contributed by atoms with E-state index in [1.807, 2.05) is 0 Å². The normalized spacial score (nSPS) is 18.9. The molecule has 0 aromatic heterocycles. The van der Waals surface area contributed by atoms with E-state index < -0.39 is 0 Å². The van der Waals surface area contributed by atoms with Gasteiger partial charge >= 0.3 is 5.97 Å². The number of carbonyl (C=O) groups excluding carboxylic acids is 1. The van der Waals surface area contributed by atoms with Gasteiger partial charge in [0.1, 0.15) is 6.10 Å². The van der Waals surface area contributed by atoms with Gasteiger partial charge in [-0.3, -0.25) is 4.79 Å². The van der Waals surface area contributed by atoms with Gasteiger partial charge in [0.2, 0.25) is 0 Å². The van der Waals surface area contributed by atoms with Gasteiger partial charge < -0.3 is 4.74 Å². The summed E-state index contributed by atoms with van der Waals surface area (Å²) in [4.78, 5) is 10.9. The van der Waals surface area contributed by atoms with Crippen LogP contribution in [0.4, 0.5) is 0 Å². The molecule has 0 radical (unpaired) electrons. The molecular formula is C18H32O2. The molecule has 1 aliphatic rings. The molecule has 116 valence electrons. The lowest BCUT2D eigenvalue weighted by molar-refractivity contribution is -0.141. The molecule has 0 bridgehead atoms. The number of hydrogen-bond acceptors (Lipinski definition) is 2. The summed E-state index contributed by atoms with van der Waals surface area (Å²) >= 11 is 0. The summed E-state index contributed by atoms with van der Waals surface area (Å²) in [5, 5.41) is 0. The quantitative estimate of drug-likeness (QED) is 0.266. The van der Waals surface area contributed by atoms with Gasteiger partial charge in [0.25, 0.3) is 0 Å². The Morgan fingerprint density at radius 1 is 1.00 bits per heavy atom. The average Bonchev–Trinajstić information content (AvgIpc) is 2.86. The smallest absolute Gasteiger partial charge is 0.306 e. The van der Waals surface area contributed by atoms with Crippen LogP contribution in [0, 0.1) is 0 Å². The monoisotopic (exact) mass is 280 g/mol. The Morgan fingerprint density at radius 2 is 1.65 bits per heavy atom. The fourth-order valence-electron chi connectivity index (χ4n) is 2.70. The van der Waals surface area contributed by atoms with E-state index in [1.54, 1.807) is 0 Å². The first kappa shape index (κ1) is 17.3. The number of allylic oxidation sites excluding steroid dienone is 2. The Balaban J connectivity index is 1.79. The minimum atomic E-state index is -0.00571. The van der Waals surface area contributed by atoms with Crippen LogP contribution in [0.5, 0.6) is 0 Å². The number of esters is 1. The van der Waals surface area contributed by atoms with Crippen molar-refractivity contribution in [3.05, 3.63) is 12.2 Å². The molecule has 1 saturated heterocycles. The van der Waals surface area contributed by atoms with Gasteiger partial charge in [-0.15, -0.1) is 0 Å². The first-order valence-corrected chi connectivity index (χ1v) is 8.67. The third-order valence-corrected chi connectivity index (χ3v) is 4.01. The van der Waals surface area contributed by atoms with E-state index in [2.05, 4.69) is 19.1 Å². The van der Waals surface area contributed by atoms with Crippen LogP contribution in [0.1, 0.15) is 90.4 Å². The van der Waals surface area contributed by atoms with Crippen molar-refractivity contribution in [2.45, 2.75) is 96.5 Å². The Bertz CT molecular complexity index is 271. The van der Waals surface area contributed by atoms with Crippen LogP contribution in [-0.4, -0.2) is 12.1 Å². The first-order valence-electron chi connectivity index (χ1n) is 8.67. The zero-order valence-electron chi connectivity index (χ0n) is 13.2. The molecule has 0 saturated carbocycles. The maximum absolute atomic E-state index is 10.9. The van der Waals surface area contributed by atoms with Gasteiger partial charge in [0, 0.05) is 6.42 Å². The van der Waals surface area contributed by atoms with Gasteiger partial charge in [-0.2, -0.15) is 0 Å². The van der Waals surface area contributed by atoms with Crippen molar-refractivity contribution in [2.24, 2.45) is 0 Å². The molecule has 2 nitrogen and oxygen atoms in total. The molecule has 0 aliphatic carbocycles. The van der Waals surface area contributed by atoms with E-state index in [4.69, 9.17) is 4.74 Å². The number of hydrogen-bond donors (Lipinski definition) is 0. The topological polar surface area (TPSA) is 26.3 Å². The van der Waals surface area contributed by atoms with Gasteiger partial charge in [0.05, 0.1) is 0 Å². The lowest BCUT2D eigenvalue weighted by atomic mass is 10.1. The minimum Gasteiger partial charge on any atom is -0.462 e. The molecule has 1 fully saturated rings. The van der Waals surface area contributed by atoms with Crippen LogP contribution in [0.25, 0.3) is 0 Å². The highest BCUT2D eigenvalue weighted by molar-refractivity contribution is 5.71. The number of ether oxygens (including phenoxy) is 1. The van der Waals surface area contributed by atoms with Crippen LogP contribution in [0.3, 0.4) is 0 Å². The van der Waals surface area contributed by atoms with E-state index in [9.17, 15) is 4.79 Å². The number of rotatable bonds is 12. The average molecular weight is 280 g/mol. The molecule has 1 unspecified atom stereocenters. The van der Waals surface area contributed by atoms with Crippen LogP contribution >= 0.6 is 0 Å². The van der Waals surface area contributed by atoms with E-state index in [0.29, 0.717) is 6.42 Å². The van der Waals surface area contributed by atoms with Crippen molar-refractivity contribution in [2.75, 3.05) is 0 Å². The third kappa shape index (κ3) is 9.17. The van der Waals surface area contributed by atoms with Crippen LogP contribution in [0.2, 0.25) is 0 Å². The maximum Gasteiger partial charge on any atom is 0.306 e.